The van der Waals surface area contributed by atoms with Crippen molar-refractivity contribution in [1.82, 2.24) is 9.80 Å². The molecule has 1 aliphatic heterocycles. The normalized spacial score (nSPS) is 42.2. The number of amides is 2. The molecule has 7 heteroatoms. The fraction of sp³-hybridized carbons (Fsp3) is 0.812. The van der Waals surface area contributed by atoms with Crippen LogP contribution in [0.25, 0.3) is 0 Å². The molecule has 6 aliphatic rings. The summed E-state index contributed by atoms with van der Waals surface area (Å²) in [6, 6.07) is 0. The first-order chi connectivity index (χ1) is 18.4. The van der Waals surface area contributed by atoms with Gasteiger partial charge in [-0.3, -0.25) is 14.4 Å². The standard InChI is InChI=1S/C32H46N2O5/c1-29-13-9-24-30(2)11-6-12-31(3,23(30)10-14-32(24,20-29)19-25(29)35)28(39)34-17-15-33(16-18-34)26(36)21-7-4-5-8-22(21)27(37)38/h23-24H,4-20H2,1-3H3,(H,37,38)/t23-,24-,29-,30+,31+,32-/m0/s1. The molecule has 0 aromatic rings. The number of fused-ring (bicyclic) bond motifs is 3. The van der Waals surface area contributed by atoms with Crippen LogP contribution in [0.2, 0.25) is 0 Å². The summed E-state index contributed by atoms with van der Waals surface area (Å²) < 4.78 is 0. The van der Waals surface area contributed by atoms with Crippen LogP contribution in [0.4, 0.5) is 0 Å². The minimum atomic E-state index is -0.973. The molecule has 6 atom stereocenters. The van der Waals surface area contributed by atoms with Gasteiger partial charge in [0.05, 0.1) is 0 Å². The third-order valence-electron chi connectivity index (χ3n) is 12.7. The van der Waals surface area contributed by atoms with Crippen molar-refractivity contribution in [3.63, 3.8) is 0 Å². The first-order valence-corrected chi connectivity index (χ1v) is 15.5. The molecule has 1 saturated heterocycles. The predicted octanol–water partition coefficient (Wildman–Crippen LogP) is 4.98. The number of carbonyl (C=O) groups excluding carboxylic acids is 3. The van der Waals surface area contributed by atoms with Crippen molar-refractivity contribution in [3.05, 3.63) is 11.1 Å². The molecule has 5 aliphatic carbocycles. The van der Waals surface area contributed by atoms with Crippen molar-refractivity contribution < 1.29 is 24.3 Å². The molecule has 4 saturated carbocycles. The van der Waals surface area contributed by atoms with Crippen LogP contribution in [0, 0.1) is 33.5 Å². The van der Waals surface area contributed by atoms with E-state index in [0.717, 1.165) is 70.6 Å². The number of Topliss-reactive ketones (excluding diaryl/α,β-unsaturated/α-hetero) is 1. The summed E-state index contributed by atoms with van der Waals surface area (Å²) in [6.45, 7) is 8.82. The highest BCUT2D eigenvalue weighted by Gasteiger charge is 2.68. The number of hydrogen-bond donors (Lipinski definition) is 1. The summed E-state index contributed by atoms with van der Waals surface area (Å²) >= 11 is 0. The van der Waals surface area contributed by atoms with Gasteiger partial charge in [0.25, 0.3) is 0 Å². The maximum absolute atomic E-state index is 14.3. The van der Waals surface area contributed by atoms with Gasteiger partial charge in [0, 0.05) is 54.6 Å². The van der Waals surface area contributed by atoms with Crippen LogP contribution in [0.5, 0.6) is 0 Å². The van der Waals surface area contributed by atoms with Crippen molar-refractivity contribution in [2.24, 2.45) is 33.5 Å². The first kappa shape index (κ1) is 27.0. The van der Waals surface area contributed by atoms with Gasteiger partial charge in [0.15, 0.2) is 0 Å². The van der Waals surface area contributed by atoms with Gasteiger partial charge in [-0.2, -0.15) is 0 Å². The molecular weight excluding hydrogens is 492 g/mol. The van der Waals surface area contributed by atoms with Crippen molar-refractivity contribution in [2.75, 3.05) is 26.2 Å². The Morgan fingerprint density at radius 1 is 0.795 bits per heavy atom. The Kier molecular flexibility index (Phi) is 6.35. The van der Waals surface area contributed by atoms with Gasteiger partial charge in [0.2, 0.25) is 11.8 Å². The molecule has 39 heavy (non-hydrogen) atoms. The van der Waals surface area contributed by atoms with E-state index in [-0.39, 0.29) is 33.6 Å². The molecule has 7 nitrogen and oxygen atoms in total. The molecule has 1 N–H and O–H groups in total. The molecule has 1 spiro atoms. The van der Waals surface area contributed by atoms with E-state index in [9.17, 15) is 24.3 Å². The number of hydrogen-bond acceptors (Lipinski definition) is 4. The summed E-state index contributed by atoms with van der Waals surface area (Å²) in [5.74, 6) is 0.452. The average molecular weight is 539 g/mol. The number of carbonyl (C=O) groups is 4. The number of piperazine rings is 1. The van der Waals surface area contributed by atoms with Crippen LogP contribution in [0.3, 0.4) is 0 Å². The molecule has 0 aromatic carbocycles. The summed E-state index contributed by atoms with van der Waals surface area (Å²) in [5, 5.41) is 9.59. The lowest BCUT2D eigenvalue weighted by molar-refractivity contribution is -0.179. The van der Waals surface area contributed by atoms with E-state index in [4.69, 9.17) is 0 Å². The van der Waals surface area contributed by atoms with Crippen LogP contribution >= 0.6 is 0 Å². The van der Waals surface area contributed by atoms with E-state index in [2.05, 4.69) is 20.8 Å². The van der Waals surface area contributed by atoms with Gasteiger partial charge in [-0.25, -0.2) is 4.79 Å². The minimum absolute atomic E-state index is 0.0886. The van der Waals surface area contributed by atoms with Crippen molar-refractivity contribution in [3.8, 4) is 0 Å². The van der Waals surface area contributed by atoms with E-state index < -0.39 is 11.4 Å². The van der Waals surface area contributed by atoms with Gasteiger partial charge in [0.1, 0.15) is 5.78 Å². The van der Waals surface area contributed by atoms with E-state index >= 15 is 0 Å². The monoisotopic (exact) mass is 538 g/mol. The second kappa shape index (κ2) is 9.17. The number of carboxylic acid groups (broad SMARTS) is 1. The molecule has 2 bridgehead atoms. The van der Waals surface area contributed by atoms with Crippen LogP contribution < -0.4 is 0 Å². The highest BCUT2D eigenvalue weighted by atomic mass is 16.4. The largest absolute Gasteiger partial charge is 0.478 e. The quantitative estimate of drug-likeness (QED) is 0.547. The Hall–Kier alpha value is -2.18. The summed E-state index contributed by atoms with van der Waals surface area (Å²) in [4.78, 5) is 56.1. The lowest BCUT2D eigenvalue weighted by atomic mass is 9.40. The molecule has 6 rings (SSSR count). The van der Waals surface area contributed by atoms with E-state index in [0.29, 0.717) is 62.2 Å². The molecule has 0 unspecified atom stereocenters. The van der Waals surface area contributed by atoms with Gasteiger partial charge >= 0.3 is 5.97 Å². The lowest BCUT2D eigenvalue weighted by Gasteiger charge is -2.64. The van der Waals surface area contributed by atoms with Crippen LogP contribution in [0.15, 0.2) is 11.1 Å². The maximum atomic E-state index is 14.3. The fourth-order valence-corrected chi connectivity index (χ4v) is 10.8. The number of carboxylic acids is 1. The molecule has 2 amide bonds. The Balaban J connectivity index is 1.17. The zero-order chi connectivity index (χ0) is 27.8. The van der Waals surface area contributed by atoms with E-state index in [1.54, 1.807) is 4.90 Å². The Labute approximate surface area is 232 Å². The Morgan fingerprint density at radius 2 is 1.44 bits per heavy atom. The number of rotatable bonds is 3. The Morgan fingerprint density at radius 3 is 2.13 bits per heavy atom. The lowest BCUT2D eigenvalue weighted by Crippen LogP contribution is -2.62. The molecule has 0 aromatic heterocycles. The summed E-state index contributed by atoms with van der Waals surface area (Å²) in [6.07, 6.45) is 11.8. The third kappa shape index (κ3) is 3.95. The van der Waals surface area contributed by atoms with Crippen molar-refractivity contribution in [1.29, 1.82) is 0 Å². The third-order valence-corrected chi connectivity index (χ3v) is 12.7. The van der Waals surface area contributed by atoms with Gasteiger partial charge < -0.3 is 14.9 Å². The highest BCUT2D eigenvalue weighted by molar-refractivity contribution is 6.02. The van der Waals surface area contributed by atoms with Crippen molar-refractivity contribution in [2.45, 2.75) is 104 Å². The minimum Gasteiger partial charge on any atom is -0.478 e. The SMILES string of the molecule is C[C@@]12CC[C@@H]3[C@@](CC[C@H]4[C@@]3(C)CCC[C@@]4(C)C(=O)N3CCN(C(=O)C4=C(C(=O)O)CCCC4)CC3)(CC1=O)C2. The van der Waals surface area contributed by atoms with Gasteiger partial charge in [-0.15, -0.1) is 0 Å². The zero-order valence-electron chi connectivity index (χ0n) is 24.2. The molecule has 214 valence electrons. The smallest absolute Gasteiger partial charge is 0.332 e. The topological polar surface area (TPSA) is 95.0 Å². The van der Waals surface area contributed by atoms with E-state index in [1.807, 2.05) is 4.90 Å². The molecular formula is C32H46N2O5. The first-order valence-electron chi connectivity index (χ1n) is 15.5. The highest BCUT2D eigenvalue weighted by Crippen LogP contribution is 2.73. The maximum Gasteiger partial charge on any atom is 0.332 e. The molecule has 5 fully saturated rings. The second-order valence-electron chi connectivity index (χ2n) is 14.7. The van der Waals surface area contributed by atoms with Crippen LogP contribution in [-0.2, 0) is 19.2 Å². The number of aliphatic carboxylic acids is 1. The second-order valence-corrected chi connectivity index (χ2v) is 14.7. The summed E-state index contributed by atoms with van der Waals surface area (Å²) in [5.41, 5.74) is 0.446. The number of nitrogens with zero attached hydrogens (tertiary/aromatic N) is 2. The van der Waals surface area contributed by atoms with Crippen molar-refractivity contribution >= 4 is 23.6 Å². The summed E-state index contributed by atoms with van der Waals surface area (Å²) in [7, 11) is 0. The average Bonchev–Trinajstić information content (AvgIpc) is 3.10. The fourth-order valence-electron chi connectivity index (χ4n) is 10.8. The van der Waals surface area contributed by atoms with Crippen LogP contribution in [-0.4, -0.2) is 64.7 Å². The Bertz CT molecular complexity index is 1140. The predicted molar refractivity (Wildman–Crippen MR) is 147 cm³/mol. The molecule has 1 heterocycles. The van der Waals surface area contributed by atoms with Gasteiger partial charge in [-0.05, 0) is 93.3 Å². The van der Waals surface area contributed by atoms with Gasteiger partial charge in [-0.1, -0.05) is 27.2 Å². The van der Waals surface area contributed by atoms with Crippen LogP contribution in [0.1, 0.15) is 104 Å². The zero-order valence-corrected chi connectivity index (χ0v) is 24.2. The van der Waals surface area contributed by atoms with E-state index in [1.165, 1.54) is 0 Å². The molecule has 0 radical (unpaired) electrons. The number of ketones is 1.